The summed E-state index contributed by atoms with van der Waals surface area (Å²) in [5.74, 6) is 0.514. The summed E-state index contributed by atoms with van der Waals surface area (Å²) in [5, 5.41) is 6.48. The second-order valence-corrected chi connectivity index (χ2v) is 5.60. The van der Waals surface area contributed by atoms with Crippen LogP contribution in [0, 0.1) is 11.3 Å². The van der Waals surface area contributed by atoms with Gasteiger partial charge in [-0.3, -0.25) is 4.79 Å². The Hall–Kier alpha value is -0.280. The van der Waals surface area contributed by atoms with Gasteiger partial charge in [-0.1, -0.05) is 6.92 Å². The molecule has 0 aromatic heterocycles. The minimum Gasteiger partial charge on any atom is -0.355 e. The van der Waals surface area contributed by atoms with Crippen LogP contribution < -0.4 is 10.6 Å². The van der Waals surface area contributed by atoms with E-state index in [1.54, 1.807) is 0 Å². The van der Waals surface area contributed by atoms with Gasteiger partial charge in [0.25, 0.3) is 0 Å². The molecule has 1 amide bonds. The molecule has 0 aromatic rings. The van der Waals surface area contributed by atoms with Crippen LogP contribution in [0.15, 0.2) is 0 Å². The van der Waals surface area contributed by atoms with Gasteiger partial charge in [0.2, 0.25) is 5.91 Å². The second kappa shape index (κ2) is 5.37. The first-order valence-electron chi connectivity index (χ1n) is 6.10. The third-order valence-electron chi connectivity index (χ3n) is 3.79. The number of hydrogen-bond donors (Lipinski definition) is 2. The largest absolute Gasteiger partial charge is 0.355 e. The van der Waals surface area contributed by atoms with Gasteiger partial charge in [-0.2, -0.15) is 0 Å². The topological polar surface area (TPSA) is 41.1 Å². The highest BCUT2D eigenvalue weighted by molar-refractivity contribution is 5.85. The van der Waals surface area contributed by atoms with Crippen molar-refractivity contribution in [3.8, 4) is 0 Å². The Morgan fingerprint density at radius 3 is 2.75 bits per heavy atom. The molecular formula is C12H23ClN2O. The highest BCUT2D eigenvalue weighted by atomic mass is 35.5. The first kappa shape index (κ1) is 13.8. The van der Waals surface area contributed by atoms with Crippen LogP contribution in [-0.4, -0.2) is 25.0 Å². The summed E-state index contributed by atoms with van der Waals surface area (Å²) in [6, 6.07) is 0.492. The van der Waals surface area contributed by atoms with Crippen molar-refractivity contribution in [3.63, 3.8) is 0 Å². The van der Waals surface area contributed by atoms with Gasteiger partial charge in [0, 0.05) is 18.5 Å². The van der Waals surface area contributed by atoms with Gasteiger partial charge in [0.1, 0.15) is 0 Å². The molecule has 2 N–H and O–H groups in total. The predicted octanol–water partition coefficient (Wildman–Crippen LogP) is 1.71. The van der Waals surface area contributed by atoms with E-state index in [-0.39, 0.29) is 24.2 Å². The number of nitrogens with one attached hydrogen (secondary N) is 2. The molecule has 1 aliphatic heterocycles. The molecule has 2 fully saturated rings. The van der Waals surface area contributed by atoms with E-state index in [9.17, 15) is 4.79 Å². The van der Waals surface area contributed by atoms with Crippen LogP contribution in [-0.2, 0) is 4.79 Å². The van der Waals surface area contributed by atoms with E-state index in [2.05, 4.69) is 24.5 Å². The Morgan fingerprint density at radius 1 is 1.50 bits per heavy atom. The van der Waals surface area contributed by atoms with E-state index in [1.807, 2.05) is 0 Å². The number of hydrogen-bond acceptors (Lipinski definition) is 2. The Labute approximate surface area is 104 Å². The standard InChI is InChI=1S/C12H22N2O.ClH/c1-9-7-10(3-6-13-9)11(15)14-8-12(2)4-5-12;/h9-10,13H,3-8H2,1-2H3,(H,14,15);1H/t9-,10-;/m0./s1. The first-order chi connectivity index (χ1) is 7.09. The van der Waals surface area contributed by atoms with E-state index in [0.29, 0.717) is 11.5 Å². The fraction of sp³-hybridized carbons (Fsp3) is 0.917. The zero-order valence-corrected chi connectivity index (χ0v) is 11.0. The molecule has 1 saturated heterocycles. The smallest absolute Gasteiger partial charge is 0.223 e. The summed E-state index contributed by atoms with van der Waals surface area (Å²) >= 11 is 0. The predicted molar refractivity (Wildman–Crippen MR) is 67.8 cm³/mol. The molecule has 2 atom stereocenters. The van der Waals surface area contributed by atoms with Crippen molar-refractivity contribution in [2.24, 2.45) is 11.3 Å². The number of carbonyl (C=O) groups is 1. The molecule has 1 aliphatic carbocycles. The second-order valence-electron chi connectivity index (χ2n) is 5.60. The van der Waals surface area contributed by atoms with Crippen LogP contribution in [0.4, 0.5) is 0 Å². The van der Waals surface area contributed by atoms with Crippen LogP contribution in [0.1, 0.15) is 39.5 Å². The number of piperidine rings is 1. The molecule has 1 heterocycles. The van der Waals surface area contributed by atoms with Crippen molar-refractivity contribution in [3.05, 3.63) is 0 Å². The van der Waals surface area contributed by atoms with Crippen molar-refractivity contribution < 1.29 is 4.79 Å². The molecule has 3 nitrogen and oxygen atoms in total. The maximum Gasteiger partial charge on any atom is 0.223 e. The van der Waals surface area contributed by atoms with E-state index in [1.165, 1.54) is 12.8 Å². The lowest BCUT2D eigenvalue weighted by Crippen LogP contribution is -2.43. The normalized spacial score (nSPS) is 31.4. The molecule has 4 heteroatoms. The number of halogens is 1. The first-order valence-corrected chi connectivity index (χ1v) is 6.10. The van der Waals surface area contributed by atoms with Crippen molar-refractivity contribution in [2.75, 3.05) is 13.1 Å². The zero-order chi connectivity index (χ0) is 10.9. The third kappa shape index (κ3) is 3.63. The molecule has 0 radical (unpaired) electrons. The van der Waals surface area contributed by atoms with Crippen LogP contribution in [0.3, 0.4) is 0 Å². The van der Waals surface area contributed by atoms with Crippen molar-refractivity contribution in [2.45, 2.75) is 45.6 Å². The van der Waals surface area contributed by atoms with E-state index in [0.717, 1.165) is 25.9 Å². The summed E-state index contributed by atoms with van der Waals surface area (Å²) in [6.45, 7) is 6.26. The average Bonchev–Trinajstić information content (AvgIpc) is 2.94. The van der Waals surface area contributed by atoms with Crippen LogP contribution >= 0.6 is 12.4 Å². The van der Waals surface area contributed by atoms with Crippen molar-refractivity contribution >= 4 is 18.3 Å². The maximum absolute atomic E-state index is 11.9. The average molecular weight is 247 g/mol. The van der Waals surface area contributed by atoms with Gasteiger partial charge in [-0.15, -0.1) is 12.4 Å². The van der Waals surface area contributed by atoms with Crippen LogP contribution in [0.25, 0.3) is 0 Å². The Kier molecular flexibility index (Phi) is 4.62. The van der Waals surface area contributed by atoms with Crippen molar-refractivity contribution in [1.29, 1.82) is 0 Å². The molecule has 0 aromatic carbocycles. The van der Waals surface area contributed by atoms with Gasteiger partial charge in [0.15, 0.2) is 0 Å². The lowest BCUT2D eigenvalue weighted by atomic mass is 9.92. The Morgan fingerprint density at radius 2 is 2.19 bits per heavy atom. The number of carbonyl (C=O) groups excluding carboxylic acids is 1. The van der Waals surface area contributed by atoms with Gasteiger partial charge >= 0.3 is 0 Å². The summed E-state index contributed by atoms with van der Waals surface area (Å²) in [7, 11) is 0. The minimum atomic E-state index is 0. The zero-order valence-electron chi connectivity index (χ0n) is 10.2. The third-order valence-corrected chi connectivity index (χ3v) is 3.79. The molecule has 0 unspecified atom stereocenters. The van der Waals surface area contributed by atoms with E-state index in [4.69, 9.17) is 0 Å². The fourth-order valence-electron chi connectivity index (χ4n) is 2.21. The van der Waals surface area contributed by atoms with Gasteiger partial charge < -0.3 is 10.6 Å². The highest BCUT2D eigenvalue weighted by Gasteiger charge is 2.37. The molecule has 94 valence electrons. The summed E-state index contributed by atoms with van der Waals surface area (Å²) in [6.07, 6.45) is 4.53. The maximum atomic E-state index is 11.9. The quantitative estimate of drug-likeness (QED) is 0.796. The lowest BCUT2D eigenvalue weighted by molar-refractivity contribution is -0.126. The molecule has 16 heavy (non-hydrogen) atoms. The van der Waals surface area contributed by atoms with Gasteiger partial charge in [0.05, 0.1) is 0 Å². The van der Waals surface area contributed by atoms with E-state index < -0.39 is 0 Å². The van der Waals surface area contributed by atoms with Crippen molar-refractivity contribution in [1.82, 2.24) is 10.6 Å². The Bertz CT molecular complexity index is 253. The van der Waals surface area contributed by atoms with Gasteiger partial charge in [-0.05, 0) is 44.6 Å². The Balaban J connectivity index is 0.00000128. The molecule has 0 bridgehead atoms. The van der Waals surface area contributed by atoms with Crippen LogP contribution in [0.2, 0.25) is 0 Å². The molecule has 2 rings (SSSR count). The van der Waals surface area contributed by atoms with E-state index >= 15 is 0 Å². The van der Waals surface area contributed by atoms with Gasteiger partial charge in [-0.25, -0.2) is 0 Å². The molecule has 0 spiro atoms. The minimum absolute atomic E-state index is 0. The molecular weight excluding hydrogens is 224 g/mol. The fourth-order valence-corrected chi connectivity index (χ4v) is 2.21. The molecule has 2 aliphatic rings. The number of rotatable bonds is 3. The lowest BCUT2D eigenvalue weighted by Gasteiger charge is -2.27. The summed E-state index contributed by atoms with van der Waals surface area (Å²) < 4.78 is 0. The summed E-state index contributed by atoms with van der Waals surface area (Å²) in [4.78, 5) is 11.9. The highest BCUT2D eigenvalue weighted by Crippen LogP contribution is 2.44. The SMILES string of the molecule is C[C@H]1C[C@@H](C(=O)NCC2(C)CC2)CCN1.Cl. The summed E-state index contributed by atoms with van der Waals surface area (Å²) in [5.41, 5.74) is 0.425. The van der Waals surface area contributed by atoms with Crippen LogP contribution in [0.5, 0.6) is 0 Å². The monoisotopic (exact) mass is 246 g/mol. The molecule has 1 saturated carbocycles. The number of amides is 1.